The van der Waals surface area contributed by atoms with Crippen molar-refractivity contribution in [1.82, 2.24) is 5.32 Å². The van der Waals surface area contributed by atoms with Gasteiger partial charge in [-0.15, -0.1) is 0 Å². The molecule has 1 aliphatic rings. The number of benzene rings is 2. The van der Waals surface area contributed by atoms with E-state index in [0.717, 1.165) is 23.1 Å². The van der Waals surface area contributed by atoms with Gasteiger partial charge in [0.2, 0.25) is 5.91 Å². The van der Waals surface area contributed by atoms with Gasteiger partial charge in [-0.3, -0.25) is 24.1 Å². The fraction of sp³-hybridized carbons (Fsp3) is 0.304. The van der Waals surface area contributed by atoms with Gasteiger partial charge in [-0.2, -0.15) is 13.2 Å². The number of alkyl halides is 3. The topological polar surface area (TPSA) is 114 Å². The molecule has 1 heterocycles. The number of ether oxygens (including phenoxy) is 2. The van der Waals surface area contributed by atoms with Crippen molar-refractivity contribution in [3.05, 3.63) is 53.6 Å². The van der Waals surface area contributed by atoms with Crippen molar-refractivity contribution in [1.29, 1.82) is 0 Å². The van der Waals surface area contributed by atoms with Gasteiger partial charge >= 0.3 is 12.1 Å². The first kappa shape index (κ1) is 25.5. The van der Waals surface area contributed by atoms with Gasteiger partial charge in [0.15, 0.2) is 6.10 Å². The molecule has 2 N–H and O–H groups in total. The highest BCUT2D eigenvalue weighted by Crippen LogP contribution is 2.37. The summed E-state index contributed by atoms with van der Waals surface area (Å²) in [6, 6.07) is 8.98. The molecule has 186 valence electrons. The number of para-hydroxylation sites is 1. The van der Waals surface area contributed by atoms with Crippen molar-refractivity contribution in [2.45, 2.75) is 26.1 Å². The minimum absolute atomic E-state index is 0.0336. The molecule has 3 rings (SSSR count). The summed E-state index contributed by atoms with van der Waals surface area (Å²) in [6.45, 7) is 2.32. The lowest BCUT2D eigenvalue weighted by Crippen LogP contribution is -2.47. The van der Waals surface area contributed by atoms with Gasteiger partial charge in [0.05, 0.1) is 29.1 Å². The standard InChI is InChI=1S/C23H22F3N3O6/c1-3-34-18-7-5-4-6-15(18)21(32)27-11-20(31)35-13(2)22(33)29-12-19(30)28-16-10-14(23(24,25)26)8-9-17(16)29/h4-10,13H,3,11-12H2,1-2H3,(H,27,32)(H,28,30). The Morgan fingerprint density at radius 3 is 2.57 bits per heavy atom. The maximum absolute atomic E-state index is 13.0. The largest absolute Gasteiger partial charge is 0.493 e. The fourth-order valence-corrected chi connectivity index (χ4v) is 3.35. The van der Waals surface area contributed by atoms with E-state index in [0.29, 0.717) is 12.4 Å². The molecule has 0 saturated heterocycles. The Bertz CT molecular complexity index is 1150. The van der Waals surface area contributed by atoms with E-state index in [4.69, 9.17) is 9.47 Å². The Morgan fingerprint density at radius 1 is 1.17 bits per heavy atom. The van der Waals surface area contributed by atoms with Gasteiger partial charge in [0.1, 0.15) is 18.8 Å². The number of carbonyl (C=O) groups excluding carboxylic acids is 4. The van der Waals surface area contributed by atoms with Crippen LogP contribution in [0.3, 0.4) is 0 Å². The first-order chi connectivity index (χ1) is 16.5. The van der Waals surface area contributed by atoms with Gasteiger partial charge < -0.3 is 20.1 Å². The summed E-state index contributed by atoms with van der Waals surface area (Å²) < 4.78 is 49.4. The molecule has 35 heavy (non-hydrogen) atoms. The molecule has 0 aromatic heterocycles. The third kappa shape index (κ3) is 6.08. The fourth-order valence-electron chi connectivity index (χ4n) is 3.35. The average molecular weight is 493 g/mol. The third-order valence-electron chi connectivity index (χ3n) is 4.94. The van der Waals surface area contributed by atoms with Crippen LogP contribution >= 0.6 is 0 Å². The van der Waals surface area contributed by atoms with Gasteiger partial charge in [0, 0.05) is 0 Å². The highest BCUT2D eigenvalue weighted by atomic mass is 19.4. The number of nitrogens with zero attached hydrogens (tertiary/aromatic N) is 1. The number of hydrogen-bond acceptors (Lipinski definition) is 6. The molecule has 3 amide bonds. The highest BCUT2D eigenvalue weighted by Gasteiger charge is 2.35. The number of esters is 1. The van der Waals surface area contributed by atoms with Crippen molar-refractivity contribution in [3.63, 3.8) is 0 Å². The second kappa shape index (κ2) is 10.5. The first-order valence-corrected chi connectivity index (χ1v) is 10.5. The molecule has 2 aromatic rings. The Hall–Kier alpha value is -4.09. The molecule has 1 atom stereocenters. The smallest absolute Gasteiger partial charge is 0.416 e. The van der Waals surface area contributed by atoms with Crippen LogP contribution in [-0.4, -0.2) is 49.5 Å². The van der Waals surface area contributed by atoms with E-state index in [1.54, 1.807) is 25.1 Å². The summed E-state index contributed by atoms with van der Waals surface area (Å²) in [7, 11) is 0. The van der Waals surface area contributed by atoms with Gasteiger partial charge in [-0.25, -0.2) is 0 Å². The summed E-state index contributed by atoms with van der Waals surface area (Å²) in [6.07, 6.45) is -6.01. The Balaban J connectivity index is 1.64. The second-order valence-electron chi connectivity index (χ2n) is 7.45. The molecule has 12 heteroatoms. The van der Waals surface area contributed by atoms with Crippen molar-refractivity contribution >= 4 is 35.1 Å². The van der Waals surface area contributed by atoms with E-state index < -0.39 is 54.6 Å². The van der Waals surface area contributed by atoms with Gasteiger partial charge in [-0.05, 0) is 44.2 Å². The molecular weight excluding hydrogens is 471 g/mol. The predicted octanol–water partition coefficient (Wildman–Crippen LogP) is 2.75. The van der Waals surface area contributed by atoms with E-state index in [-0.39, 0.29) is 16.9 Å². The zero-order valence-electron chi connectivity index (χ0n) is 18.8. The number of halogens is 3. The number of anilines is 2. The molecule has 0 bridgehead atoms. The van der Waals surface area contributed by atoms with E-state index in [1.807, 2.05) is 0 Å². The lowest BCUT2D eigenvalue weighted by molar-refractivity contribution is -0.152. The molecule has 1 aliphatic heterocycles. The quantitative estimate of drug-likeness (QED) is 0.574. The monoisotopic (exact) mass is 493 g/mol. The van der Waals surface area contributed by atoms with Crippen LogP contribution < -0.4 is 20.3 Å². The summed E-state index contributed by atoms with van der Waals surface area (Å²) in [4.78, 5) is 50.4. The Morgan fingerprint density at radius 2 is 1.89 bits per heavy atom. The zero-order chi connectivity index (χ0) is 25.8. The molecule has 0 aliphatic carbocycles. The lowest BCUT2D eigenvalue weighted by Gasteiger charge is -2.31. The summed E-state index contributed by atoms with van der Waals surface area (Å²) in [5, 5.41) is 4.68. The van der Waals surface area contributed by atoms with Crippen LogP contribution in [0.15, 0.2) is 42.5 Å². The van der Waals surface area contributed by atoms with Crippen molar-refractivity contribution in [2.75, 3.05) is 29.9 Å². The molecule has 0 spiro atoms. The Labute approximate surface area is 198 Å². The third-order valence-corrected chi connectivity index (χ3v) is 4.94. The Kier molecular flexibility index (Phi) is 7.62. The minimum Gasteiger partial charge on any atom is -0.493 e. The number of hydrogen-bond donors (Lipinski definition) is 2. The van der Waals surface area contributed by atoms with Crippen LogP contribution in [-0.2, 0) is 25.3 Å². The van der Waals surface area contributed by atoms with Gasteiger partial charge in [-0.1, -0.05) is 12.1 Å². The summed E-state index contributed by atoms with van der Waals surface area (Å²) >= 11 is 0. The minimum atomic E-state index is -4.64. The second-order valence-corrected chi connectivity index (χ2v) is 7.45. The van der Waals surface area contributed by atoms with Crippen molar-refractivity contribution in [3.8, 4) is 5.75 Å². The molecule has 0 fully saturated rings. The van der Waals surface area contributed by atoms with Crippen LogP contribution in [0.1, 0.15) is 29.8 Å². The summed E-state index contributed by atoms with van der Waals surface area (Å²) in [5.74, 6) is -2.71. The van der Waals surface area contributed by atoms with E-state index in [1.165, 1.54) is 13.0 Å². The van der Waals surface area contributed by atoms with Crippen molar-refractivity contribution in [2.24, 2.45) is 0 Å². The summed E-state index contributed by atoms with van der Waals surface area (Å²) in [5.41, 5.74) is -0.943. The van der Waals surface area contributed by atoms with Crippen LogP contribution in [0, 0.1) is 0 Å². The van der Waals surface area contributed by atoms with E-state index in [2.05, 4.69) is 10.6 Å². The molecule has 1 unspecified atom stereocenters. The maximum Gasteiger partial charge on any atom is 0.416 e. The van der Waals surface area contributed by atoms with Crippen molar-refractivity contribution < 1.29 is 41.8 Å². The lowest BCUT2D eigenvalue weighted by atomic mass is 10.1. The number of nitrogens with one attached hydrogen (secondary N) is 2. The molecule has 0 radical (unpaired) electrons. The predicted molar refractivity (Wildman–Crippen MR) is 118 cm³/mol. The average Bonchev–Trinajstić information content (AvgIpc) is 2.81. The van der Waals surface area contributed by atoms with E-state index in [9.17, 15) is 32.3 Å². The highest BCUT2D eigenvalue weighted by molar-refractivity contribution is 6.11. The zero-order valence-corrected chi connectivity index (χ0v) is 18.8. The molecule has 2 aromatic carbocycles. The SMILES string of the molecule is CCOc1ccccc1C(=O)NCC(=O)OC(C)C(=O)N1CC(=O)Nc2cc(C(F)(F)F)ccc21. The normalized spacial score (nSPS) is 13.9. The number of fused-ring (bicyclic) bond motifs is 1. The number of amides is 3. The van der Waals surface area contributed by atoms with Crippen LogP contribution in [0.5, 0.6) is 5.75 Å². The molecular formula is C23H22F3N3O6. The molecule has 9 nitrogen and oxygen atoms in total. The maximum atomic E-state index is 13.0. The van der Waals surface area contributed by atoms with Gasteiger partial charge in [0.25, 0.3) is 11.8 Å². The van der Waals surface area contributed by atoms with Crippen LogP contribution in [0.2, 0.25) is 0 Å². The molecule has 0 saturated carbocycles. The number of rotatable bonds is 7. The van der Waals surface area contributed by atoms with Crippen LogP contribution in [0.4, 0.5) is 24.5 Å². The van der Waals surface area contributed by atoms with E-state index >= 15 is 0 Å². The number of carbonyl (C=O) groups is 4. The van der Waals surface area contributed by atoms with Crippen LogP contribution in [0.25, 0.3) is 0 Å². The first-order valence-electron chi connectivity index (χ1n) is 10.5.